The summed E-state index contributed by atoms with van der Waals surface area (Å²) in [5.74, 6) is -2.22. The molecule has 0 spiro atoms. The van der Waals surface area contributed by atoms with Crippen molar-refractivity contribution in [3.8, 4) is 0 Å². The maximum absolute atomic E-state index is 11.8. The number of carboxylic acids is 1. The van der Waals surface area contributed by atoms with Crippen molar-refractivity contribution in [2.75, 3.05) is 32.1 Å². The van der Waals surface area contributed by atoms with Gasteiger partial charge in [0.2, 0.25) is 0 Å². The van der Waals surface area contributed by atoms with Gasteiger partial charge in [-0.05, 0) is 30.2 Å². The van der Waals surface area contributed by atoms with Crippen LogP contribution < -0.4 is 4.90 Å². The molecule has 2 heterocycles. The van der Waals surface area contributed by atoms with Gasteiger partial charge in [0, 0.05) is 38.1 Å². The number of ether oxygens (including phenoxy) is 1. The largest absolute Gasteiger partial charge is 0.490 e. The van der Waals surface area contributed by atoms with Gasteiger partial charge < -0.3 is 14.7 Å². The molecule has 3 aromatic rings. The molecule has 1 atom stereocenters. The molecule has 1 aliphatic heterocycles. The van der Waals surface area contributed by atoms with Gasteiger partial charge in [0.05, 0.1) is 18.2 Å². The molecule has 0 bridgehead atoms. The first-order valence-electron chi connectivity index (χ1n) is 10.7. The first-order chi connectivity index (χ1) is 16.6. The summed E-state index contributed by atoms with van der Waals surface area (Å²) >= 11 is 0. The number of carbonyl (C=O) groups is 2. The van der Waals surface area contributed by atoms with Crippen molar-refractivity contribution in [2.45, 2.75) is 25.2 Å². The molecule has 2 aromatic carbocycles. The number of aromatic nitrogens is 2. The standard InChI is InChI=1S/C22H24N4O2.C2HF3O2/c1-25(18-10-11-26(14-18)13-16-6-4-3-5-7-16)21-19-9-8-17(22(27)28-2)12-20(19)23-15-24-21;3-2(4,5)1(6)7/h3-9,12,15,18H,10-11,13-14H2,1-2H3;(H,6,7). The van der Waals surface area contributed by atoms with E-state index in [2.05, 4.69) is 57.1 Å². The highest BCUT2D eigenvalue weighted by atomic mass is 19.4. The van der Waals surface area contributed by atoms with Crippen LogP contribution >= 0.6 is 0 Å². The van der Waals surface area contributed by atoms with E-state index in [0.29, 0.717) is 11.6 Å². The lowest BCUT2D eigenvalue weighted by atomic mass is 10.1. The van der Waals surface area contributed by atoms with Crippen LogP contribution in [0.1, 0.15) is 22.3 Å². The van der Waals surface area contributed by atoms with Crippen molar-refractivity contribution < 1.29 is 32.6 Å². The molecule has 35 heavy (non-hydrogen) atoms. The molecule has 0 saturated carbocycles. The van der Waals surface area contributed by atoms with E-state index >= 15 is 0 Å². The van der Waals surface area contributed by atoms with Gasteiger partial charge in [-0.15, -0.1) is 0 Å². The summed E-state index contributed by atoms with van der Waals surface area (Å²) in [5.41, 5.74) is 2.59. The van der Waals surface area contributed by atoms with Gasteiger partial charge in [0.1, 0.15) is 12.1 Å². The Morgan fingerprint density at radius 3 is 2.49 bits per heavy atom. The zero-order chi connectivity index (χ0) is 25.6. The summed E-state index contributed by atoms with van der Waals surface area (Å²) in [7, 11) is 3.47. The summed E-state index contributed by atoms with van der Waals surface area (Å²) in [5, 5.41) is 8.07. The zero-order valence-corrected chi connectivity index (χ0v) is 19.2. The summed E-state index contributed by atoms with van der Waals surface area (Å²) < 4.78 is 36.5. The Morgan fingerprint density at radius 2 is 1.86 bits per heavy atom. The van der Waals surface area contributed by atoms with Crippen LogP contribution in [0, 0.1) is 0 Å². The maximum Gasteiger partial charge on any atom is 0.490 e. The van der Waals surface area contributed by atoms with Gasteiger partial charge in [-0.25, -0.2) is 19.6 Å². The van der Waals surface area contributed by atoms with Crippen LogP contribution in [0.5, 0.6) is 0 Å². The molecule has 1 N–H and O–H groups in total. The number of anilines is 1. The lowest BCUT2D eigenvalue weighted by Crippen LogP contribution is -2.35. The Bertz CT molecular complexity index is 1170. The minimum absolute atomic E-state index is 0.359. The second-order valence-electron chi connectivity index (χ2n) is 8.00. The van der Waals surface area contributed by atoms with Crippen LogP contribution in [0.25, 0.3) is 10.9 Å². The number of halogens is 3. The van der Waals surface area contributed by atoms with E-state index in [1.807, 2.05) is 6.07 Å². The molecule has 11 heteroatoms. The first kappa shape index (κ1) is 25.9. The number of likely N-dealkylation sites (tertiary alicyclic amines) is 1. The number of carbonyl (C=O) groups excluding carboxylic acids is 1. The van der Waals surface area contributed by atoms with E-state index in [4.69, 9.17) is 14.6 Å². The zero-order valence-electron chi connectivity index (χ0n) is 19.2. The molecule has 0 amide bonds. The molecule has 1 fully saturated rings. The number of fused-ring (bicyclic) bond motifs is 1. The molecule has 4 rings (SSSR count). The summed E-state index contributed by atoms with van der Waals surface area (Å²) in [6.45, 7) is 3.04. The third-order valence-electron chi connectivity index (χ3n) is 5.66. The predicted octanol–water partition coefficient (Wildman–Crippen LogP) is 3.76. The van der Waals surface area contributed by atoms with Crippen molar-refractivity contribution in [1.29, 1.82) is 0 Å². The number of hydrogen-bond donors (Lipinski definition) is 1. The monoisotopic (exact) mass is 490 g/mol. The minimum Gasteiger partial charge on any atom is -0.475 e. The predicted molar refractivity (Wildman–Crippen MR) is 123 cm³/mol. The SMILES string of the molecule is COC(=O)c1ccc2c(N(C)C3CCN(Cc4ccccc4)C3)ncnc2c1.O=C(O)C(F)(F)F. The van der Waals surface area contributed by atoms with Crippen LogP contribution in [-0.2, 0) is 16.1 Å². The van der Waals surface area contributed by atoms with Crippen molar-refractivity contribution in [3.63, 3.8) is 0 Å². The lowest BCUT2D eigenvalue weighted by Gasteiger charge is -2.27. The van der Waals surface area contributed by atoms with E-state index in [-0.39, 0.29) is 5.97 Å². The van der Waals surface area contributed by atoms with Crippen LogP contribution in [0.4, 0.5) is 19.0 Å². The van der Waals surface area contributed by atoms with Crippen molar-refractivity contribution in [1.82, 2.24) is 14.9 Å². The molecule has 1 aromatic heterocycles. The van der Waals surface area contributed by atoms with Crippen LogP contribution in [0.3, 0.4) is 0 Å². The second kappa shape index (κ2) is 11.1. The summed E-state index contributed by atoms with van der Waals surface area (Å²) in [4.78, 5) is 34.3. The molecule has 0 aliphatic carbocycles. The van der Waals surface area contributed by atoms with Crippen molar-refractivity contribution in [3.05, 3.63) is 66.0 Å². The molecule has 1 unspecified atom stereocenters. The number of methoxy groups -OCH3 is 1. The number of alkyl halides is 3. The number of hydrogen-bond acceptors (Lipinski definition) is 7. The highest BCUT2D eigenvalue weighted by Gasteiger charge is 2.38. The summed E-state index contributed by atoms with van der Waals surface area (Å²) in [6.07, 6.45) is -2.43. The number of rotatable bonds is 5. The summed E-state index contributed by atoms with van der Waals surface area (Å²) in [6, 6.07) is 16.4. The smallest absolute Gasteiger partial charge is 0.475 e. The van der Waals surface area contributed by atoms with Gasteiger partial charge in [-0.2, -0.15) is 13.2 Å². The Labute approximate surface area is 200 Å². The highest BCUT2D eigenvalue weighted by Crippen LogP contribution is 2.27. The van der Waals surface area contributed by atoms with E-state index < -0.39 is 12.1 Å². The quantitative estimate of drug-likeness (QED) is 0.541. The van der Waals surface area contributed by atoms with Gasteiger partial charge in [0.25, 0.3) is 0 Å². The van der Waals surface area contributed by atoms with E-state index in [9.17, 15) is 18.0 Å². The lowest BCUT2D eigenvalue weighted by molar-refractivity contribution is -0.192. The van der Waals surface area contributed by atoms with Crippen molar-refractivity contribution >= 4 is 28.7 Å². The molecular formula is C24H25F3N4O4. The van der Waals surface area contributed by atoms with Crippen LogP contribution in [-0.4, -0.2) is 71.4 Å². The molecule has 8 nitrogen and oxygen atoms in total. The van der Waals surface area contributed by atoms with E-state index in [1.54, 1.807) is 18.5 Å². The highest BCUT2D eigenvalue weighted by molar-refractivity contribution is 5.97. The molecule has 1 saturated heterocycles. The number of nitrogens with zero attached hydrogens (tertiary/aromatic N) is 4. The van der Waals surface area contributed by atoms with E-state index in [0.717, 1.165) is 42.8 Å². The van der Waals surface area contributed by atoms with Crippen LogP contribution in [0.15, 0.2) is 54.9 Å². The Balaban J connectivity index is 0.000000429. The van der Waals surface area contributed by atoms with Gasteiger partial charge in [-0.1, -0.05) is 30.3 Å². The van der Waals surface area contributed by atoms with E-state index in [1.165, 1.54) is 12.7 Å². The fourth-order valence-corrected chi connectivity index (χ4v) is 3.86. The second-order valence-corrected chi connectivity index (χ2v) is 8.00. The third kappa shape index (κ3) is 6.66. The Kier molecular flexibility index (Phi) is 8.23. The number of benzene rings is 2. The fraction of sp³-hybridized carbons (Fsp3) is 0.333. The first-order valence-corrected chi connectivity index (χ1v) is 10.7. The molecule has 1 aliphatic rings. The molecular weight excluding hydrogens is 465 g/mol. The average Bonchev–Trinajstić information content (AvgIpc) is 3.31. The average molecular weight is 490 g/mol. The normalized spacial score (nSPS) is 15.9. The third-order valence-corrected chi connectivity index (χ3v) is 5.66. The Morgan fingerprint density at radius 1 is 1.17 bits per heavy atom. The van der Waals surface area contributed by atoms with Gasteiger partial charge in [-0.3, -0.25) is 4.90 Å². The minimum atomic E-state index is -5.08. The maximum atomic E-state index is 11.8. The number of aliphatic carboxylic acids is 1. The van der Waals surface area contributed by atoms with Crippen LogP contribution in [0.2, 0.25) is 0 Å². The molecule has 0 radical (unpaired) electrons. The molecule has 186 valence electrons. The number of likely N-dealkylation sites (N-methyl/N-ethyl adjacent to an activating group) is 1. The van der Waals surface area contributed by atoms with Gasteiger partial charge in [0.15, 0.2) is 0 Å². The number of carboxylic acid groups (broad SMARTS) is 1. The number of esters is 1. The Hall–Kier alpha value is -3.73. The topological polar surface area (TPSA) is 95.9 Å². The van der Waals surface area contributed by atoms with Gasteiger partial charge >= 0.3 is 18.1 Å². The van der Waals surface area contributed by atoms with Crippen molar-refractivity contribution in [2.24, 2.45) is 0 Å². The fourth-order valence-electron chi connectivity index (χ4n) is 3.86.